The molecular weight excluding hydrogens is 498 g/mol. The molecule has 1 aromatic heterocycles. The Kier molecular flexibility index (Phi) is 7.18. The fourth-order valence-corrected chi connectivity index (χ4v) is 3.79. The maximum atomic E-state index is 13.2. The van der Waals surface area contributed by atoms with Crippen LogP contribution in [0.3, 0.4) is 0 Å². The number of benzene rings is 3. The SMILES string of the molecule is CC(C)OC(=O)COc1ccc(C=Nn2c(-c3ccccc3)nc3ccccc3c2=O)cc1Br. The van der Waals surface area contributed by atoms with Gasteiger partial charge in [-0.15, -0.1) is 0 Å². The van der Waals surface area contributed by atoms with E-state index in [0.717, 1.165) is 11.1 Å². The Hall–Kier alpha value is -3.78. The number of halogens is 1. The largest absolute Gasteiger partial charge is 0.481 e. The lowest BCUT2D eigenvalue weighted by molar-refractivity contribution is -0.149. The number of ether oxygens (including phenoxy) is 2. The van der Waals surface area contributed by atoms with E-state index >= 15 is 0 Å². The minimum atomic E-state index is -0.441. The first-order valence-electron chi connectivity index (χ1n) is 10.7. The topological polar surface area (TPSA) is 82.8 Å². The second kappa shape index (κ2) is 10.4. The van der Waals surface area contributed by atoms with Crippen LogP contribution in [0.1, 0.15) is 19.4 Å². The Bertz CT molecular complexity index is 1410. The van der Waals surface area contributed by atoms with Gasteiger partial charge in [0, 0.05) is 5.56 Å². The summed E-state index contributed by atoms with van der Waals surface area (Å²) in [5.41, 5.74) is 1.85. The van der Waals surface area contributed by atoms with Crippen molar-refractivity contribution in [2.45, 2.75) is 20.0 Å². The number of fused-ring (bicyclic) bond motifs is 1. The van der Waals surface area contributed by atoms with Crippen LogP contribution in [0.15, 0.2) is 87.2 Å². The van der Waals surface area contributed by atoms with E-state index in [9.17, 15) is 9.59 Å². The van der Waals surface area contributed by atoms with Crippen molar-refractivity contribution < 1.29 is 14.3 Å². The average molecular weight is 520 g/mol. The Morgan fingerprint density at radius 2 is 1.82 bits per heavy atom. The van der Waals surface area contributed by atoms with Gasteiger partial charge < -0.3 is 9.47 Å². The van der Waals surface area contributed by atoms with Crippen LogP contribution in [0, 0.1) is 0 Å². The highest BCUT2D eigenvalue weighted by Gasteiger charge is 2.12. The normalized spacial score (nSPS) is 11.3. The number of carbonyl (C=O) groups excluding carboxylic acids is 1. The van der Waals surface area contributed by atoms with Crippen LogP contribution in [-0.2, 0) is 9.53 Å². The van der Waals surface area contributed by atoms with Gasteiger partial charge in [0.05, 0.1) is 27.7 Å². The van der Waals surface area contributed by atoms with E-state index in [1.807, 2.05) is 42.5 Å². The second-order valence-electron chi connectivity index (χ2n) is 7.70. The minimum Gasteiger partial charge on any atom is -0.481 e. The molecule has 3 aromatic carbocycles. The third-order valence-electron chi connectivity index (χ3n) is 4.78. The van der Waals surface area contributed by atoms with Gasteiger partial charge in [0.25, 0.3) is 5.56 Å². The van der Waals surface area contributed by atoms with E-state index in [1.165, 1.54) is 4.68 Å². The summed E-state index contributed by atoms with van der Waals surface area (Å²) < 4.78 is 12.5. The van der Waals surface area contributed by atoms with Gasteiger partial charge in [0.1, 0.15) is 5.75 Å². The molecule has 7 nitrogen and oxygen atoms in total. The van der Waals surface area contributed by atoms with Crippen LogP contribution < -0.4 is 10.3 Å². The summed E-state index contributed by atoms with van der Waals surface area (Å²) in [6.45, 7) is 3.37. The summed E-state index contributed by atoms with van der Waals surface area (Å²) in [5.74, 6) is 0.500. The quantitative estimate of drug-likeness (QED) is 0.252. The Balaban J connectivity index is 1.65. The zero-order valence-corrected chi connectivity index (χ0v) is 20.2. The number of hydrogen-bond donors (Lipinski definition) is 0. The molecule has 0 amide bonds. The summed E-state index contributed by atoms with van der Waals surface area (Å²) in [7, 11) is 0. The van der Waals surface area contributed by atoms with Crippen molar-refractivity contribution in [1.29, 1.82) is 0 Å². The van der Waals surface area contributed by atoms with Crippen molar-refractivity contribution in [2.24, 2.45) is 5.10 Å². The van der Waals surface area contributed by atoms with Crippen LogP contribution in [0.25, 0.3) is 22.3 Å². The van der Waals surface area contributed by atoms with Gasteiger partial charge in [-0.3, -0.25) is 4.79 Å². The molecule has 0 aliphatic heterocycles. The summed E-state index contributed by atoms with van der Waals surface area (Å²) in [6.07, 6.45) is 1.37. The second-order valence-corrected chi connectivity index (χ2v) is 8.55. The van der Waals surface area contributed by atoms with Crippen LogP contribution in [0.2, 0.25) is 0 Å². The van der Waals surface area contributed by atoms with Crippen molar-refractivity contribution in [3.05, 3.63) is 93.2 Å². The molecule has 8 heteroatoms. The molecular formula is C26H22BrN3O4. The fourth-order valence-electron chi connectivity index (χ4n) is 3.28. The van der Waals surface area contributed by atoms with Crippen molar-refractivity contribution in [3.8, 4) is 17.1 Å². The van der Waals surface area contributed by atoms with Gasteiger partial charge >= 0.3 is 5.97 Å². The highest BCUT2D eigenvalue weighted by atomic mass is 79.9. The molecule has 0 fully saturated rings. The Morgan fingerprint density at radius 1 is 1.09 bits per heavy atom. The molecule has 0 aliphatic rings. The van der Waals surface area contributed by atoms with Crippen molar-refractivity contribution in [1.82, 2.24) is 9.66 Å². The highest BCUT2D eigenvalue weighted by molar-refractivity contribution is 9.10. The first-order valence-corrected chi connectivity index (χ1v) is 11.4. The molecule has 0 bridgehead atoms. The van der Waals surface area contributed by atoms with E-state index in [-0.39, 0.29) is 18.3 Å². The third kappa shape index (κ3) is 5.40. The first kappa shape index (κ1) is 23.4. The number of rotatable bonds is 7. The van der Waals surface area contributed by atoms with Crippen molar-refractivity contribution in [2.75, 3.05) is 6.61 Å². The van der Waals surface area contributed by atoms with Crippen molar-refractivity contribution >= 4 is 39.0 Å². The van der Waals surface area contributed by atoms with E-state index in [1.54, 1.807) is 50.4 Å². The minimum absolute atomic E-state index is 0.192. The lowest BCUT2D eigenvalue weighted by Crippen LogP contribution is -2.20. The molecule has 34 heavy (non-hydrogen) atoms. The molecule has 0 saturated carbocycles. The molecule has 0 spiro atoms. The van der Waals surface area contributed by atoms with Crippen LogP contribution in [0.4, 0.5) is 0 Å². The molecule has 0 unspecified atom stereocenters. The molecule has 172 valence electrons. The van der Waals surface area contributed by atoms with E-state index < -0.39 is 5.97 Å². The number of aromatic nitrogens is 2. The maximum absolute atomic E-state index is 13.2. The molecule has 1 heterocycles. The van der Waals surface area contributed by atoms with Gasteiger partial charge in [-0.1, -0.05) is 42.5 Å². The summed E-state index contributed by atoms with van der Waals surface area (Å²) in [6, 6.07) is 21.9. The number of carbonyl (C=O) groups is 1. The lowest BCUT2D eigenvalue weighted by Gasteiger charge is -2.11. The van der Waals surface area contributed by atoms with Gasteiger partial charge in [0.15, 0.2) is 12.4 Å². The lowest BCUT2D eigenvalue weighted by atomic mass is 10.2. The smallest absolute Gasteiger partial charge is 0.344 e. The Labute approximate surface area is 204 Å². The number of nitrogens with zero attached hydrogens (tertiary/aromatic N) is 3. The fraction of sp³-hybridized carbons (Fsp3) is 0.154. The van der Waals surface area contributed by atoms with Gasteiger partial charge in [-0.2, -0.15) is 9.78 Å². The number of hydrogen-bond acceptors (Lipinski definition) is 6. The van der Waals surface area contributed by atoms with Gasteiger partial charge in [-0.25, -0.2) is 9.78 Å². The molecule has 0 atom stereocenters. The molecule has 4 rings (SSSR count). The number of para-hydroxylation sites is 1. The van der Waals surface area contributed by atoms with Gasteiger partial charge in [0.2, 0.25) is 0 Å². The zero-order valence-electron chi connectivity index (χ0n) is 18.6. The van der Waals surface area contributed by atoms with E-state index in [4.69, 9.17) is 9.47 Å². The number of esters is 1. The maximum Gasteiger partial charge on any atom is 0.344 e. The molecule has 0 saturated heterocycles. The first-order chi connectivity index (χ1) is 16.4. The predicted octanol–water partition coefficient (Wildman–Crippen LogP) is 5.04. The summed E-state index contributed by atoms with van der Waals surface area (Å²) >= 11 is 3.45. The molecule has 0 radical (unpaired) electrons. The monoisotopic (exact) mass is 519 g/mol. The van der Waals surface area contributed by atoms with E-state index in [0.29, 0.717) is 26.9 Å². The van der Waals surface area contributed by atoms with Crippen LogP contribution in [0.5, 0.6) is 5.75 Å². The zero-order chi connectivity index (χ0) is 24.1. The Morgan fingerprint density at radius 3 is 2.56 bits per heavy atom. The molecule has 0 N–H and O–H groups in total. The van der Waals surface area contributed by atoms with Crippen LogP contribution in [-0.4, -0.2) is 34.6 Å². The average Bonchev–Trinajstić information content (AvgIpc) is 2.83. The van der Waals surface area contributed by atoms with E-state index in [2.05, 4.69) is 26.0 Å². The van der Waals surface area contributed by atoms with Crippen LogP contribution >= 0.6 is 15.9 Å². The predicted molar refractivity (Wildman–Crippen MR) is 135 cm³/mol. The third-order valence-corrected chi connectivity index (χ3v) is 5.40. The standard InChI is InChI=1S/C26H22BrN3O4/c1-17(2)34-24(31)16-33-23-13-12-18(14-21(23)27)15-28-30-25(19-8-4-3-5-9-19)29-22-11-7-6-10-20(22)26(30)32/h3-15,17H,16H2,1-2H3. The molecule has 0 aliphatic carbocycles. The summed E-state index contributed by atoms with van der Waals surface area (Å²) in [4.78, 5) is 29.6. The summed E-state index contributed by atoms with van der Waals surface area (Å²) in [5, 5.41) is 4.94. The van der Waals surface area contributed by atoms with Gasteiger partial charge in [-0.05, 0) is 65.7 Å². The highest BCUT2D eigenvalue weighted by Crippen LogP contribution is 2.26. The molecule has 4 aromatic rings. The van der Waals surface area contributed by atoms with Crippen molar-refractivity contribution in [3.63, 3.8) is 0 Å².